The van der Waals surface area contributed by atoms with Gasteiger partial charge in [-0.15, -0.1) is 0 Å². The lowest BCUT2D eigenvalue weighted by atomic mass is 9.72. The van der Waals surface area contributed by atoms with E-state index in [4.69, 9.17) is 10.8 Å². The van der Waals surface area contributed by atoms with Gasteiger partial charge in [-0.1, -0.05) is 30.3 Å². The highest BCUT2D eigenvalue weighted by atomic mass is 16.2. The van der Waals surface area contributed by atoms with Crippen LogP contribution in [0.15, 0.2) is 48.7 Å². The minimum atomic E-state index is -0.241. The number of aromatic nitrogens is 3. The van der Waals surface area contributed by atoms with Gasteiger partial charge in [0, 0.05) is 42.5 Å². The number of carbonyl (C=O) groups is 2. The molecule has 2 aliphatic heterocycles. The van der Waals surface area contributed by atoms with Crippen molar-refractivity contribution >= 4 is 17.6 Å². The first-order valence-electron chi connectivity index (χ1n) is 12.4. The van der Waals surface area contributed by atoms with Crippen LogP contribution < -0.4 is 11.1 Å². The average molecular weight is 471 g/mol. The van der Waals surface area contributed by atoms with Crippen LogP contribution in [0.1, 0.15) is 60.6 Å². The number of hydrogen-bond donors (Lipinski definition) is 2. The molecule has 1 atom stereocenters. The predicted molar refractivity (Wildman–Crippen MR) is 133 cm³/mol. The molecule has 8 nitrogen and oxygen atoms in total. The molecule has 0 bridgehead atoms. The minimum absolute atomic E-state index is 0.0254. The van der Waals surface area contributed by atoms with Gasteiger partial charge in [0.15, 0.2) is 5.78 Å². The van der Waals surface area contributed by atoms with Gasteiger partial charge in [0.25, 0.3) is 0 Å². The molecule has 0 radical (unpaired) electrons. The summed E-state index contributed by atoms with van der Waals surface area (Å²) in [6, 6.07) is 14.2. The van der Waals surface area contributed by atoms with Crippen molar-refractivity contribution in [1.29, 1.82) is 0 Å². The second kappa shape index (κ2) is 7.93. The number of hydrogen-bond acceptors (Lipinski definition) is 5. The molecule has 1 saturated carbocycles. The average Bonchev–Trinajstić information content (AvgIpc) is 3.54. The molecule has 3 N–H and O–H groups in total. The lowest BCUT2D eigenvalue weighted by Crippen LogP contribution is -2.54. The number of urea groups is 1. The first kappa shape index (κ1) is 21.8. The van der Waals surface area contributed by atoms with E-state index < -0.39 is 0 Å². The molecule has 1 unspecified atom stereocenters. The third-order valence-electron chi connectivity index (χ3n) is 8.24. The number of nitrogens with zero attached hydrogens (tertiary/aromatic N) is 4. The standard InChI is InChI=1S/C27H30N6O2/c1-18(34)21-14-19(16-29-24(21)28)22-15-23-26(11-13-33(23)31-22)10-12-32(17-26)25(35)30-27(8-5-9-27)20-6-3-2-4-7-20/h2-4,6-7,14-16H,5,8-13,17H2,1H3,(H2,28,29)(H,30,35). The van der Waals surface area contributed by atoms with E-state index >= 15 is 0 Å². The largest absolute Gasteiger partial charge is 0.383 e. The highest BCUT2D eigenvalue weighted by Gasteiger charge is 2.48. The number of rotatable bonds is 4. The molecule has 3 aromatic rings. The van der Waals surface area contributed by atoms with Crippen molar-refractivity contribution in [3.63, 3.8) is 0 Å². The predicted octanol–water partition coefficient (Wildman–Crippen LogP) is 3.87. The molecule has 2 fully saturated rings. The quantitative estimate of drug-likeness (QED) is 0.563. The number of Topliss-reactive ketones (excluding diaryl/α,β-unsaturated/α-hetero) is 1. The van der Waals surface area contributed by atoms with Gasteiger partial charge < -0.3 is 16.0 Å². The van der Waals surface area contributed by atoms with Crippen molar-refractivity contribution in [3.8, 4) is 11.3 Å². The highest BCUT2D eigenvalue weighted by molar-refractivity contribution is 5.99. The van der Waals surface area contributed by atoms with Gasteiger partial charge in [0.1, 0.15) is 5.82 Å². The Bertz CT molecular complexity index is 1310. The van der Waals surface area contributed by atoms with E-state index in [1.165, 1.54) is 12.5 Å². The summed E-state index contributed by atoms with van der Waals surface area (Å²) in [5.74, 6) is 0.124. The van der Waals surface area contributed by atoms with Crippen molar-refractivity contribution in [3.05, 3.63) is 65.5 Å². The Kier molecular flexibility index (Phi) is 4.95. The Balaban J connectivity index is 1.22. The van der Waals surface area contributed by atoms with Crippen molar-refractivity contribution in [1.82, 2.24) is 25.0 Å². The number of benzene rings is 1. The van der Waals surface area contributed by atoms with Crippen LogP contribution in [0.5, 0.6) is 0 Å². The molecule has 1 aliphatic carbocycles. The zero-order valence-corrected chi connectivity index (χ0v) is 20.0. The van der Waals surface area contributed by atoms with E-state index in [0.717, 1.165) is 62.1 Å². The summed E-state index contributed by atoms with van der Waals surface area (Å²) in [6.45, 7) is 3.73. The SMILES string of the molecule is CC(=O)c1cc(-c2cc3n(n2)CCC32CCN(C(=O)NC3(c4ccccc4)CCC3)C2)cnc1N. The van der Waals surface area contributed by atoms with Crippen LogP contribution >= 0.6 is 0 Å². The molecule has 2 aromatic heterocycles. The van der Waals surface area contributed by atoms with Gasteiger partial charge in [-0.3, -0.25) is 9.48 Å². The van der Waals surface area contributed by atoms with E-state index in [0.29, 0.717) is 12.1 Å². The summed E-state index contributed by atoms with van der Waals surface area (Å²) in [5, 5.41) is 8.19. The molecule has 6 rings (SSSR count). The lowest BCUT2D eigenvalue weighted by molar-refractivity contribution is 0.101. The fourth-order valence-corrected chi connectivity index (χ4v) is 6.02. The normalized spacial score (nSPS) is 22.1. The van der Waals surface area contributed by atoms with Crippen LogP contribution in [-0.4, -0.2) is 44.6 Å². The molecule has 35 heavy (non-hydrogen) atoms. The number of pyridine rings is 1. The van der Waals surface area contributed by atoms with Crippen molar-refractivity contribution in [2.24, 2.45) is 0 Å². The maximum atomic E-state index is 13.4. The van der Waals surface area contributed by atoms with E-state index in [-0.39, 0.29) is 28.6 Å². The summed E-state index contributed by atoms with van der Waals surface area (Å²) >= 11 is 0. The van der Waals surface area contributed by atoms with E-state index in [2.05, 4.69) is 33.2 Å². The number of carbonyl (C=O) groups excluding carboxylic acids is 2. The zero-order valence-electron chi connectivity index (χ0n) is 20.0. The second-order valence-electron chi connectivity index (χ2n) is 10.3. The molecule has 1 spiro atoms. The zero-order chi connectivity index (χ0) is 24.2. The van der Waals surface area contributed by atoms with Gasteiger partial charge >= 0.3 is 6.03 Å². The van der Waals surface area contributed by atoms with Crippen LogP contribution in [-0.2, 0) is 17.5 Å². The number of nitrogens with two attached hydrogens (primary N) is 1. The molecule has 3 aliphatic rings. The molecule has 180 valence electrons. The number of aryl methyl sites for hydroxylation is 1. The van der Waals surface area contributed by atoms with E-state index in [1.807, 2.05) is 23.1 Å². The Hall–Kier alpha value is -3.68. The Morgan fingerprint density at radius 1 is 1.06 bits per heavy atom. The van der Waals surface area contributed by atoms with Gasteiger partial charge in [-0.05, 0) is 56.7 Å². The maximum Gasteiger partial charge on any atom is 0.318 e. The van der Waals surface area contributed by atoms with Crippen LogP contribution in [0, 0.1) is 0 Å². The van der Waals surface area contributed by atoms with Crippen molar-refractivity contribution < 1.29 is 9.59 Å². The third kappa shape index (κ3) is 3.50. The summed E-state index contributed by atoms with van der Waals surface area (Å²) in [5.41, 5.74) is 9.88. The Morgan fingerprint density at radius 3 is 2.54 bits per heavy atom. The minimum Gasteiger partial charge on any atom is -0.383 e. The molecule has 1 aromatic carbocycles. The molecular formula is C27H30N6O2. The fraction of sp³-hybridized carbons (Fsp3) is 0.407. The maximum absolute atomic E-state index is 13.4. The topological polar surface area (TPSA) is 106 Å². The number of likely N-dealkylation sites (tertiary alicyclic amines) is 1. The van der Waals surface area contributed by atoms with Gasteiger partial charge in [0.2, 0.25) is 0 Å². The van der Waals surface area contributed by atoms with Gasteiger partial charge in [-0.2, -0.15) is 5.10 Å². The molecule has 4 heterocycles. The number of ketones is 1. The molecule has 8 heteroatoms. The molecule has 1 saturated heterocycles. The third-order valence-corrected chi connectivity index (χ3v) is 8.24. The number of nitrogen functional groups attached to an aromatic ring is 1. The summed E-state index contributed by atoms with van der Waals surface area (Å²) in [7, 11) is 0. The van der Waals surface area contributed by atoms with E-state index in [1.54, 1.807) is 12.3 Å². The summed E-state index contributed by atoms with van der Waals surface area (Å²) in [4.78, 5) is 31.5. The van der Waals surface area contributed by atoms with Crippen LogP contribution in [0.2, 0.25) is 0 Å². The Labute approximate surface area is 204 Å². The van der Waals surface area contributed by atoms with Crippen LogP contribution in [0.4, 0.5) is 10.6 Å². The second-order valence-corrected chi connectivity index (χ2v) is 10.3. The van der Waals surface area contributed by atoms with Crippen molar-refractivity contribution in [2.75, 3.05) is 18.8 Å². The number of nitrogens with one attached hydrogen (secondary N) is 1. The lowest BCUT2D eigenvalue weighted by Gasteiger charge is -2.44. The number of amides is 2. The molecular weight excluding hydrogens is 440 g/mol. The summed E-state index contributed by atoms with van der Waals surface area (Å²) < 4.78 is 2.05. The van der Waals surface area contributed by atoms with Gasteiger partial charge in [0.05, 0.1) is 16.8 Å². The summed E-state index contributed by atoms with van der Waals surface area (Å²) in [6.07, 6.45) is 6.66. The number of anilines is 1. The first-order chi connectivity index (χ1) is 16.9. The van der Waals surface area contributed by atoms with Crippen LogP contribution in [0.25, 0.3) is 11.3 Å². The van der Waals surface area contributed by atoms with E-state index in [9.17, 15) is 9.59 Å². The first-order valence-corrected chi connectivity index (χ1v) is 12.4. The monoisotopic (exact) mass is 470 g/mol. The fourth-order valence-electron chi connectivity index (χ4n) is 6.02. The number of fused-ring (bicyclic) bond motifs is 2. The van der Waals surface area contributed by atoms with Crippen molar-refractivity contribution in [2.45, 2.75) is 56.5 Å². The van der Waals surface area contributed by atoms with Gasteiger partial charge in [-0.25, -0.2) is 9.78 Å². The Morgan fingerprint density at radius 2 is 1.83 bits per heavy atom. The molecule has 2 amide bonds. The van der Waals surface area contributed by atoms with Crippen LogP contribution in [0.3, 0.4) is 0 Å². The highest BCUT2D eigenvalue weighted by Crippen LogP contribution is 2.45. The smallest absolute Gasteiger partial charge is 0.318 e.